The van der Waals surface area contributed by atoms with E-state index in [1.807, 2.05) is 12.2 Å². The van der Waals surface area contributed by atoms with E-state index in [1.165, 1.54) is 27.1 Å². The van der Waals surface area contributed by atoms with E-state index in [0.29, 0.717) is 0 Å². The van der Waals surface area contributed by atoms with Gasteiger partial charge in [0.25, 0.3) is 0 Å². The minimum absolute atomic E-state index is 1.09. The van der Waals surface area contributed by atoms with Crippen molar-refractivity contribution in [1.29, 1.82) is 0 Å². The van der Waals surface area contributed by atoms with Gasteiger partial charge in [0.05, 0.1) is 0 Å². The van der Waals surface area contributed by atoms with Gasteiger partial charge in [0.2, 0.25) is 0 Å². The van der Waals surface area contributed by atoms with Gasteiger partial charge in [-0.15, -0.1) is 0 Å². The average molecular weight is 256 g/mol. The van der Waals surface area contributed by atoms with Crippen LogP contribution in [0.4, 0.5) is 0 Å². The van der Waals surface area contributed by atoms with E-state index >= 15 is 0 Å². The second kappa shape index (κ2) is 5.18. The molecule has 3 aromatic carbocycles. The predicted octanol–water partition coefficient (Wildman–Crippen LogP) is 5.75. The molecule has 0 aromatic heterocycles. The molecule has 0 aliphatic rings. The lowest BCUT2D eigenvalue weighted by atomic mass is 9.98. The molecule has 0 aliphatic heterocycles. The SMILES string of the molecule is C=C/C=C(\C=C)c1ccc2cc3ccccc3cc2c1. The maximum atomic E-state index is 3.87. The van der Waals surface area contributed by atoms with Crippen LogP contribution in [0.2, 0.25) is 0 Å². The first-order chi connectivity index (χ1) is 9.81. The summed E-state index contributed by atoms with van der Waals surface area (Å²) < 4.78 is 0. The maximum Gasteiger partial charge on any atom is -0.0171 e. The lowest BCUT2D eigenvalue weighted by molar-refractivity contribution is 1.68. The molecule has 3 aromatic rings. The largest absolute Gasteiger partial charge is 0.0990 e. The molecule has 0 saturated carbocycles. The fourth-order valence-electron chi connectivity index (χ4n) is 2.53. The Morgan fingerprint density at radius 1 is 0.750 bits per heavy atom. The monoisotopic (exact) mass is 256 g/mol. The van der Waals surface area contributed by atoms with Crippen molar-refractivity contribution in [3.05, 3.63) is 91.5 Å². The molecule has 0 unspecified atom stereocenters. The predicted molar refractivity (Wildman–Crippen MR) is 89.8 cm³/mol. The fourth-order valence-corrected chi connectivity index (χ4v) is 2.53. The summed E-state index contributed by atoms with van der Waals surface area (Å²) in [6, 6.07) is 19.4. The molecule has 0 spiro atoms. The summed E-state index contributed by atoms with van der Waals surface area (Å²) in [6.45, 7) is 7.62. The lowest BCUT2D eigenvalue weighted by Gasteiger charge is -2.06. The zero-order chi connectivity index (χ0) is 13.9. The highest BCUT2D eigenvalue weighted by molar-refractivity contribution is 5.99. The van der Waals surface area contributed by atoms with E-state index in [-0.39, 0.29) is 0 Å². The van der Waals surface area contributed by atoms with Gasteiger partial charge in [-0.05, 0) is 50.9 Å². The first-order valence-electron chi connectivity index (χ1n) is 6.70. The molecule has 0 nitrogen and oxygen atoms in total. The number of hydrogen-bond acceptors (Lipinski definition) is 0. The van der Waals surface area contributed by atoms with Crippen molar-refractivity contribution in [2.24, 2.45) is 0 Å². The zero-order valence-corrected chi connectivity index (χ0v) is 11.3. The van der Waals surface area contributed by atoms with Crippen LogP contribution in [0.1, 0.15) is 5.56 Å². The van der Waals surface area contributed by atoms with E-state index in [0.717, 1.165) is 5.57 Å². The third-order valence-electron chi connectivity index (χ3n) is 3.56. The van der Waals surface area contributed by atoms with Gasteiger partial charge in [-0.2, -0.15) is 0 Å². The minimum Gasteiger partial charge on any atom is -0.0990 e. The van der Waals surface area contributed by atoms with E-state index < -0.39 is 0 Å². The van der Waals surface area contributed by atoms with E-state index in [2.05, 4.69) is 67.8 Å². The Bertz CT molecular complexity index is 835. The molecule has 0 heterocycles. The highest BCUT2D eigenvalue weighted by atomic mass is 14.1. The molecule has 0 aliphatic carbocycles. The molecule has 0 atom stereocenters. The quantitative estimate of drug-likeness (QED) is 0.413. The van der Waals surface area contributed by atoms with Crippen molar-refractivity contribution in [2.45, 2.75) is 0 Å². The summed E-state index contributed by atoms with van der Waals surface area (Å²) in [4.78, 5) is 0. The first-order valence-corrected chi connectivity index (χ1v) is 6.70. The standard InChI is InChI=1S/C20H16/c1-3-7-15(4-2)18-10-11-19-12-16-8-5-6-9-17(16)13-20(19)14-18/h3-14H,1-2H2/b15-7+. The van der Waals surface area contributed by atoms with Crippen LogP contribution in [-0.2, 0) is 0 Å². The van der Waals surface area contributed by atoms with Gasteiger partial charge in [0, 0.05) is 0 Å². The Balaban J connectivity index is 2.24. The van der Waals surface area contributed by atoms with Crippen molar-refractivity contribution < 1.29 is 0 Å². The molecule has 3 rings (SSSR count). The Hall–Kier alpha value is -2.60. The van der Waals surface area contributed by atoms with E-state index in [1.54, 1.807) is 6.08 Å². The Kier molecular flexibility index (Phi) is 3.22. The second-order valence-corrected chi connectivity index (χ2v) is 4.82. The molecule has 0 fully saturated rings. The van der Waals surface area contributed by atoms with Crippen molar-refractivity contribution in [2.75, 3.05) is 0 Å². The summed E-state index contributed by atoms with van der Waals surface area (Å²) >= 11 is 0. The van der Waals surface area contributed by atoms with E-state index in [9.17, 15) is 0 Å². The molecule has 0 bridgehead atoms. The second-order valence-electron chi connectivity index (χ2n) is 4.82. The van der Waals surface area contributed by atoms with Crippen molar-refractivity contribution in [3.63, 3.8) is 0 Å². The minimum atomic E-state index is 1.09. The van der Waals surface area contributed by atoms with Crippen molar-refractivity contribution in [3.8, 4) is 0 Å². The Morgan fingerprint density at radius 3 is 2.05 bits per heavy atom. The van der Waals surface area contributed by atoms with Crippen LogP contribution in [0.25, 0.3) is 27.1 Å². The normalized spacial score (nSPS) is 11.7. The average Bonchev–Trinajstić information content (AvgIpc) is 2.50. The third kappa shape index (κ3) is 2.17. The summed E-state index contributed by atoms with van der Waals surface area (Å²) in [5.74, 6) is 0. The summed E-state index contributed by atoms with van der Waals surface area (Å²) in [6.07, 6.45) is 5.64. The van der Waals surface area contributed by atoms with Crippen LogP contribution in [-0.4, -0.2) is 0 Å². The summed E-state index contributed by atoms with van der Waals surface area (Å²) in [5.41, 5.74) is 2.26. The van der Waals surface area contributed by atoms with Crippen molar-refractivity contribution >= 4 is 27.1 Å². The van der Waals surface area contributed by atoms with Crippen LogP contribution in [0.15, 0.2) is 86.0 Å². The van der Waals surface area contributed by atoms with Crippen LogP contribution >= 0.6 is 0 Å². The molecule has 20 heavy (non-hydrogen) atoms. The number of hydrogen-bond donors (Lipinski definition) is 0. The molecule has 0 heteroatoms. The zero-order valence-electron chi connectivity index (χ0n) is 11.3. The van der Waals surface area contributed by atoms with Gasteiger partial charge in [-0.1, -0.05) is 67.8 Å². The van der Waals surface area contributed by atoms with Crippen LogP contribution in [0.3, 0.4) is 0 Å². The number of rotatable bonds is 3. The molecule has 0 radical (unpaired) electrons. The smallest absolute Gasteiger partial charge is 0.0171 e. The van der Waals surface area contributed by atoms with Gasteiger partial charge >= 0.3 is 0 Å². The van der Waals surface area contributed by atoms with Crippen molar-refractivity contribution in [1.82, 2.24) is 0 Å². The molecule has 0 saturated heterocycles. The van der Waals surface area contributed by atoms with Gasteiger partial charge in [-0.25, -0.2) is 0 Å². The number of benzene rings is 3. The molecule has 0 amide bonds. The first kappa shape index (κ1) is 12.4. The fraction of sp³-hybridized carbons (Fsp3) is 0. The van der Waals surface area contributed by atoms with Gasteiger partial charge < -0.3 is 0 Å². The third-order valence-corrected chi connectivity index (χ3v) is 3.56. The summed E-state index contributed by atoms with van der Waals surface area (Å²) in [5, 5.41) is 5.05. The van der Waals surface area contributed by atoms with Crippen LogP contribution < -0.4 is 0 Å². The van der Waals surface area contributed by atoms with Crippen LogP contribution in [0.5, 0.6) is 0 Å². The molecular formula is C20H16. The Morgan fingerprint density at radius 2 is 1.40 bits per heavy atom. The molecule has 96 valence electrons. The molecular weight excluding hydrogens is 240 g/mol. The highest BCUT2D eigenvalue weighted by Gasteiger charge is 2.01. The Labute approximate surface area is 119 Å². The highest BCUT2D eigenvalue weighted by Crippen LogP contribution is 2.26. The van der Waals surface area contributed by atoms with Gasteiger partial charge in [0.15, 0.2) is 0 Å². The number of fused-ring (bicyclic) bond motifs is 2. The lowest BCUT2D eigenvalue weighted by Crippen LogP contribution is -1.82. The maximum absolute atomic E-state index is 3.87. The van der Waals surface area contributed by atoms with Gasteiger partial charge in [0.1, 0.15) is 0 Å². The topological polar surface area (TPSA) is 0 Å². The van der Waals surface area contributed by atoms with Crippen LogP contribution in [0, 0.1) is 0 Å². The summed E-state index contributed by atoms with van der Waals surface area (Å²) in [7, 11) is 0. The number of allylic oxidation sites excluding steroid dienone is 4. The molecule has 0 N–H and O–H groups in total. The van der Waals surface area contributed by atoms with E-state index in [4.69, 9.17) is 0 Å². The van der Waals surface area contributed by atoms with Gasteiger partial charge in [-0.3, -0.25) is 0 Å².